The van der Waals surface area contributed by atoms with E-state index >= 15 is 0 Å². The first-order valence-electron chi connectivity index (χ1n) is 7.16. The van der Waals surface area contributed by atoms with Crippen LogP contribution in [0.1, 0.15) is 23.7 Å². The average molecular weight is 454 g/mol. The van der Waals surface area contributed by atoms with Gasteiger partial charge in [0.25, 0.3) is 0 Å². The molecule has 5 nitrogen and oxygen atoms in total. The Morgan fingerprint density at radius 1 is 1.46 bits per heavy atom. The van der Waals surface area contributed by atoms with Crippen molar-refractivity contribution < 1.29 is 27.1 Å². The zero-order valence-electron chi connectivity index (χ0n) is 13.2. The molecular weight excluding hydrogens is 442 g/mol. The maximum absolute atomic E-state index is 14.0. The Hall–Kier alpha value is -2.01. The number of nitrogens with zero attached hydrogens (tertiary/aromatic N) is 2. The summed E-state index contributed by atoms with van der Waals surface area (Å²) in [6, 6.07) is 1.83. The van der Waals surface area contributed by atoms with Gasteiger partial charge < -0.3 is 4.74 Å². The predicted octanol–water partition coefficient (Wildman–Crippen LogP) is 4.62. The van der Waals surface area contributed by atoms with Crippen molar-refractivity contribution in [2.45, 2.75) is 19.5 Å². The maximum atomic E-state index is 14.0. The van der Waals surface area contributed by atoms with Gasteiger partial charge in [0.1, 0.15) is 5.82 Å². The fourth-order valence-corrected chi connectivity index (χ4v) is 3.00. The topological polar surface area (TPSA) is 63.6 Å². The van der Waals surface area contributed by atoms with Crippen LogP contribution in [0.4, 0.5) is 22.7 Å². The van der Waals surface area contributed by atoms with Gasteiger partial charge in [-0.3, -0.25) is 10.2 Å². The minimum Gasteiger partial charge on any atom is -0.466 e. The predicted molar refractivity (Wildman–Crippen MR) is 92.8 cm³/mol. The van der Waals surface area contributed by atoms with Gasteiger partial charge in [0.15, 0.2) is 0 Å². The number of rotatable bonds is 6. The molecular formula is C15H12BrF4N3O2S. The Kier molecular flexibility index (Phi) is 6.70. The number of nitrogens with one attached hydrogen (secondary N) is 1. The Labute approximate surface area is 158 Å². The van der Waals surface area contributed by atoms with E-state index in [0.29, 0.717) is 16.9 Å². The number of esters is 1. The third kappa shape index (κ3) is 5.49. The van der Waals surface area contributed by atoms with E-state index in [-0.39, 0.29) is 23.1 Å². The maximum Gasteiger partial charge on any atom is 0.419 e. The van der Waals surface area contributed by atoms with Crippen LogP contribution >= 0.6 is 27.3 Å². The van der Waals surface area contributed by atoms with E-state index in [1.54, 1.807) is 12.3 Å². The van der Waals surface area contributed by atoms with E-state index in [9.17, 15) is 22.4 Å². The van der Waals surface area contributed by atoms with Crippen molar-refractivity contribution in [2.75, 3.05) is 12.0 Å². The Bertz CT molecular complexity index is 824. The first-order chi connectivity index (χ1) is 12.2. The molecule has 0 aliphatic rings. The molecule has 0 aliphatic heterocycles. The second kappa shape index (κ2) is 8.58. The smallest absolute Gasteiger partial charge is 0.419 e. The lowest BCUT2D eigenvalue weighted by Crippen LogP contribution is -2.10. The van der Waals surface area contributed by atoms with Crippen molar-refractivity contribution >= 4 is 44.6 Å². The first kappa shape index (κ1) is 20.3. The van der Waals surface area contributed by atoms with E-state index in [0.717, 1.165) is 17.6 Å². The Balaban J connectivity index is 2.09. The lowest BCUT2D eigenvalue weighted by Gasteiger charge is -2.10. The van der Waals surface area contributed by atoms with Gasteiger partial charge in [0.05, 0.1) is 30.5 Å². The fraction of sp³-hybridized carbons (Fsp3) is 0.267. The summed E-state index contributed by atoms with van der Waals surface area (Å²) >= 11 is 4.05. The van der Waals surface area contributed by atoms with Gasteiger partial charge in [-0.05, 0) is 19.1 Å². The molecule has 0 atom stereocenters. The molecule has 0 spiro atoms. The summed E-state index contributed by atoms with van der Waals surface area (Å²) in [7, 11) is 0. The van der Waals surface area contributed by atoms with Crippen molar-refractivity contribution in [1.82, 2.24) is 4.98 Å². The molecule has 1 aromatic heterocycles. The number of benzene rings is 1. The van der Waals surface area contributed by atoms with Crippen molar-refractivity contribution in [3.63, 3.8) is 0 Å². The molecule has 140 valence electrons. The SMILES string of the molecule is CCOC(=O)Cc1csc(NN=Cc2cc(Br)cc(C(F)(F)F)c2F)n1. The van der Waals surface area contributed by atoms with Crippen molar-refractivity contribution in [3.8, 4) is 0 Å². The molecule has 1 N–H and O–H groups in total. The van der Waals surface area contributed by atoms with Crippen LogP contribution in [0.5, 0.6) is 0 Å². The summed E-state index contributed by atoms with van der Waals surface area (Å²) in [6.07, 6.45) is -3.91. The zero-order chi connectivity index (χ0) is 19.3. The Morgan fingerprint density at radius 3 is 2.85 bits per heavy atom. The molecule has 0 saturated heterocycles. The standard InChI is InChI=1S/C15H12BrF4N3O2S/c1-2-25-12(24)5-10-7-26-14(22-10)23-21-6-8-3-9(16)4-11(13(8)17)15(18,19)20/h3-4,6-7H,2,5H2,1H3,(H,22,23). The molecule has 26 heavy (non-hydrogen) atoms. The Morgan fingerprint density at radius 2 is 2.19 bits per heavy atom. The monoisotopic (exact) mass is 453 g/mol. The number of halogens is 5. The number of ether oxygens (including phenoxy) is 1. The average Bonchev–Trinajstić information content (AvgIpc) is 2.96. The third-order valence-electron chi connectivity index (χ3n) is 2.92. The molecule has 2 aromatic rings. The zero-order valence-corrected chi connectivity index (χ0v) is 15.6. The van der Waals surface area contributed by atoms with Crippen LogP contribution in [0.2, 0.25) is 0 Å². The number of hydrogen-bond acceptors (Lipinski definition) is 6. The minimum absolute atomic E-state index is 0.00899. The molecule has 0 bridgehead atoms. The quantitative estimate of drug-likeness (QED) is 0.300. The van der Waals surface area contributed by atoms with Crippen LogP contribution in [-0.4, -0.2) is 23.8 Å². The second-order valence-corrected chi connectivity index (χ2v) is 6.62. The van der Waals surface area contributed by atoms with Crippen molar-refractivity contribution in [3.05, 3.63) is 44.6 Å². The summed E-state index contributed by atoms with van der Waals surface area (Å²) in [5.74, 6) is -1.85. The van der Waals surface area contributed by atoms with Crippen LogP contribution in [0, 0.1) is 5.82 Å². The van der Waals surface area contributed by atoms with E-state index < -0.39 is 23.5 Å². The van der Waals surface area contributed by atoms with E-state index in [2.05, 4.69) is 31.4 Å². The molecule has 0 aliphatic carbocycles. The third-order valence-corrected chi connectivity index (χ3v) is 4.17. The van der Waals surface area contributed by atoms with E-state index in [4.69, 9.17) is 4.74 Å². The molecule has 0 saturated carbocycles. The molecule has 0 radical (unpaired) electrons. The highest BCUT2D eigenvalue weighted by Gasteiger charge is 2.35. The molecule has 11 heteroatoms. The fourth-order valence-electron chi connectivity index (χ4n) is 1.87. The van der Waals surface area contributed by atoms with Crippen LogP contribution in [0.3, 0.4) is 0 Å². The number of aromatic nitrogens is 1. The second-order valence-electron chi connectivity index (χ2n) is 4.85. The number of carbonyl (C=O) groups excluding carboxylic acids is 1. The van der Waals surface area contributed by atoms with Crippen LogP contribution in [-0.2, 0) is 22.1 Å². The summed E-state index contributed by atoms with van der Waals surface area (Å²) in [6.45, 7) is 1.95. The van der Waals surface area contributed by atoms with Gasteiger partial charge >= 0.3 is 12.1 Å². The van der Waals surface area contributed by atoms with Gasteiger partial charge in [-0.2, -0.15) is 18.3 Å². The number of thiazole rings is 1. The van der Waals surface area contributed by atoms with Gasteiger partial charge in [-0.15, -0.1) is 11.3 Å². The van der Waals surface area contributed by atoms with Crippen LogP contribution in [0.15, 0.2) is 27.1 Å². The van der Waals surface area contributed by atoms with E-state index in [1.807, 2.05) is 0 Å². The lowest BCUT2D eigenvalue weighted by atomic mass is 10.1. The van der Waals surface area contributed by atoms with Crippen molar-refractivity contribution in [2.24, 2.45) is 5.10 Å². The number of alkyl halides is 3. The largest absolute Gasteiger partial charge is 0.466 e. The normalized spacial score (nSPS) is 11.8. The van der Waals surface area contributed by atoms with Gasteiger partial charge in [-0.1, -0.05) is 15.9 Å². The molecule has 2 rings (SSSR count). The number of carbonyl (C=O) groups is 1. The summed E-state index contributed by atoms with van der Waals surface area (Å²) in [4.78, 5) is 15.4. The van der Waals surface area contributed by atoms with Crippen molar-refractivity contribution in [1.29, 1.82) is 0 Å². The van der Waals surface area contributed by atoms with Crippen LogP contribution < -0.4 is 5.43 Å². The van der Waals surface area contributed by atoms with Gasteiger partial charge in [-0.25, -0.2) is 9.37 Å². The van der Waals surface area contributed by atoms with E-state index in [1.165, 1.54) is 6.07 Å². The highest BCUT2D eigenvalue weighted by atomic mass is 79.9. The molecule has 1 heterocycles. The number of hydrogen-bond donors (Lipinski definition) is 1. The molecule has 0 amide bonds. The minimum atomic E-state index is -4.82. The summed E-state index contributed by atoms with van der Waals surface area (Å²) in [5, 5.41) is 5.60. The first-order valence-corrected chi connectivity index (χ1v) is 8.83. The number of anilines is 1. The van der Waals surface area contributed by atoms with Crippen LogP contribution in [0.25, 0.3) is 0 Å². The lowest BCUT2D eigenvalue weighted by molar-refractivity contribution is -0.142. The number of hydrazone groups is 1. The summed E-state index contributed by atoms with van der Waals surface area (Å²) in [5.41, 5.74) is 1.21. The molecule has 1 aromatic carbocycles. The molecule has 0 unspecified atom stereocenters. The van der Waals surface area contributed by atoms with Gasteiger partial charge in [0, 0.05) is 15.4 Å². The summed E-state index contributed by atoms with van der Waals surface area (Å²) < 4.78 is 57.2. The highest BCUT2D eigenvalue weighted by molar-refractivity contribution is 9.10. The highest BCUT2D eigenvalue weighted by Crippen LogP contribution is 2.34. The molecule has 0 fully saturated rings. The van der Waals surface area contributed by atoms with Gasteiger partial charge in [0.2, 0.25) is 5.13 Å².